The molecule has 0 saturated carbocycles. The van der Waals surface area contributed by atoms with Crippen LogP contribution in [0.25, 0.3) is 10.9 Å². The number of fused-ring (bicyclic) bond motifs is 2. The molecule has 44 heavy (non-hydrogen) atoms. The highest BCUT2D eigenvalue weighted by atomic mass is 35.5. The van der Waals surface area contributed by atoms with E-state index in [1.807, 2.05) is 90.1 Å². The molecule has 2 N–H and O–H groups in total. The molecule has 0 bridgehead atoms. The molecule has 6 rings (SSSR count). The number of nitrogens with one attached hydrogen (secondary N) is 2. The van der Waals surface area contributed by atoms with Gasteiger partial charge in [-0.3, -0.25) is 14.4 Å². The minimum atomic E-state index is -0.755. The number of para-hydroxylation sites is 1. The summed E-state index contributed by atoms with van der Waals surface area (Å²) in [5, 5.41) is 6.76. The Kier molecular flexibility index (Phi) is 9.07. The van der Waals surface area contributed by atoms with Gasteiger partial charge in [0.2, 0.25) is 11.8 Å². The molecule has 0 spiro atoms. The van der Waals surface area contributed by atoms with Crippen LogP contribution in [0.3, 0.4) is 0 Å². The van der Waals surface area contributed by atoms with Gasteiger partial charge in [-0.15, -0.1) is 11.3 Å². The lowest BCUT2D eigenvalue weighted by atomic mass is 9.90. The van der Waals surface area contributed by atoms with Crippen molar-refractivity contribution in [3.05, 3.63) is 87.2 Å². The fourth-order valence-corrected chi connectivity index (χ4v) is 7.54. The van der Waals surface area contributed by atoms with Crippen molar-refractivity contribution in [2.24, 2.45) is 11.8 Å². The number of likely N-dealkylation sites (tertiary alicyclic amines) is 1. The second-order valence-electron chi connectivity index (χ2n) is 12.2. The summed E-state index contributed by atoms with van der Waals surface area (Å²) in [6.45, 7) is 2.43. The number of nitrogens with zero attached hydrogens (tertiary/aromatic N) is 3. The molecule has 2 aliphatic heterocycles. The summed E-state index contributed by atoms with van der Waals surface area (Å²) < 4.78 is 0. The zero-order valence-electron chi connectivity index (χ0n) is 25.1. The van der Waals surface area contributed by atoms with E-state index in [2.05, 4.69) is 15.2 Å². The van der Waals surface area contributed by atoms with Gasteiger partial charge < -0.3 is 25.0 Å². The van der Waals surface area contributed by atoms with Crippen LogP contribution in [-0.2, 0) is 22.4 Å². The Morgan fingerprint density at radius 1 is 1.09 bits per heavy atom. The number of hydrogen-bond donors (Lipinski definition) is 2. The van der Waals surface area contributed by atoms with Crippen molar-refractivity contribution < 1.29 is 14.4 Å². The van der Waals surface area contributed by atoms with Gasteiger partial charge in [0.1, 0.15) is 6.04 Å². The maximum absolute atomic E-state index is 14.5. The van der Waals surface area contributed by atoms with Crippen molar-refractivity contribution >= 4 is 57.2 Å². The van der Waals surface area contributed by atoms with Gasteiger partial charge in [-0.1, -0.05) is 35.9 Å². The second-order valence-corrected chi connectivity index (χ2v) is 13.6. The van der Waals surface area contributed by atoms with Gasteiger partial charge in [0.15, 0.2) is 0 Å². The smallest absolute Gasteiger partial charge is 0.263 e. The number of amides is 3. The number of carbonyl (C=O) groups excluding carboxylic acids is 3. The Bertz CT molecular complexity index is 1640. The van der Waals surface area contributed by atoms with Crippen LogP contribution in [0.1, 0.15) is 33.6 Å². The number of aromatic nitrogens is 1. The first-order valence-corrected chi connectivity index (χ1v) is 16.4. The number of thiophene rings is 1. The maximum atomic E-state index is 14.5. The molecule has 2 aromatic carbocycles. The van der Waals surface area contributed by atoms with Gasteiger partial charge >= 0.3 is 0 Å². The van der Waals surface area contributed by atoms with E-state index in [1.54, 1.807) is 0 Å². The van der Waals surface area contributed by atoms with Crippen LogP contribution >= 0.6 is 22.9 Å². The van der Waals surface area contributed by atoms with E-state index in [4.69, 9.17) is 11.6 Å². The first-order valence-electron chi connectivity index (χ1n) is 15.2. The molecule has 8 nitrogen and oxygen atoms in total. The van der Waals surface area contributed by atoms with Gasteiger partial charge in [-0.25, -0.2) is 0 Å². The van der Waals surface area contributed by atoms with Crippen molar-refractivity contribution in [1.82, 2.24) is 20.1 Å². The Labute approximate surface area is 267 Å². The van der Waals surface area contributed by atoms with Crippen molar-refractivity contribution in [1.29, 1.82) is 0 Å². The minimum Gasteiger partial charge on any atom is -0.361 e. The van der Waals surface area contributed by atoms with Crippen molar-refractivity contribution in [2.75, 3.05) is 45.2 Å². The summed E-state index contributed by atoms with van der Waals surface area (Å²) >= 11 is 7.82. The van der Waals surface area contributed by atoms with Crippen LogP contribution in [0.2, 0.25) is 5.02 Å². The van der Waals surface area contributed by atoms with E-state index in [0.29, 0.717) is 48.8 Å². The van der Waals surface area contributed by atoms with Crippen LogP contribution < -0.4 is 10.2 Å². The number of rotatable bonds is 8. The third-order valence-corrected chi connectivity index (χ3v) is 9.86. The Balaban J connectivity index is 1.24. The molecule has 0 unspecified atom stereocenters. The minimum absolute atomic E-state index is 0.0161. The summed E-state index contributed by atoms with van der Waals surface area (Å²) in [5.41, 5.74) is 3.87. The van der Waals surface area contributed by atoms with Crippen molar-refractivity contribution in [3.8, 4) is 0 Å². The fraction of sp³-hybridized carbons (Fsp3) is 0.382. The third-order valence-electron chi connectivity index (χ3n) is 8.77. The monoisotopic (exact) mass is 631 g/mol. The van der Waals surface area contributed by atoms with E-state index >= 15 is 0 Å². The zero-order valence-corrected chi connectivity index (χ0v) is 26.7. The normalized spacial score (nSPS) is 18.0. The zero-order chi connectivity index (χ0) is 30.8. The summed E-state index contributed by atoms with van der Waals surface area (Å²) in [4.78, 5) is 51.0. The Morgan fingerprint density at radius 2 is 1.89 bits per heavy atom. The molecule has 1 fully saturated rings. The number of halogens is 1. The molecule has 4 aromatic rings. The largest absolute Gasteiger partial charge is 0.361 e. The molecule has 1 saturated heterocycles. The van der Waals surface area contributed by atoms with E-state index < -0.39 is 6.04 Å². The summed E-state index contributed by atoms with van der Waals surface area (Å²) in [6, 6.07) is 16.7. The Morgan fingerprint density at radius 3 is 2.64 bits per heavy atom. The topological polar surface area (TPSA) is 88.8 Å². The summed E-state index contributed by atoms with van der Waals surface area (Å²) in [7, 11) is 4.08. The van der Waals surface area contributed by atoms with Gasteiger partial charge in [-0.05, 0) is 86.1 Å². The van der Waals surface area contributed by atoms with Gasteiger partial charge in [-0.2, -0.15) is 0 Å². The lowest BCUT2D eigenvalue weighted by Crippen LogP contribution is -2.54. The van der Waals surface area contributed by atoms with Gasteiger partial charge in [0.05, 0.1) is 4.88 Å². The SMILES string of the molecule is CN(C)C[C@H]1Cc2cc(Cl)ccc2N(C(=O)[C@@H](Cc2c[nH]c3ccccc23)NC(=O)C2CCN(C(=O)c3cccs3)CC2)C1. The van der Waals surface area contributed by atoms with E-state index in [9.17, 15) is 14.4 Å². The molecule has 2 aromatic heterocycles. The molecule has 2 atom stereocenters. The number of carbonyl (C=O) groups is 3. The Hall–Kier alpha value is -3.66. The molecular formula is C34H38ClN5O3S. The first-order chi connectivity index (χ1) is 21.3. The predicted octanol–water partition coefficient (Wildman–Crippen LogP) is 5.23. The van der Waals surface area contributed by atoms with Crippen molar-refractivity contribution in [2.45, 2.75) is 31.7 Å². The molecule has 0 aliphatic carbocycles. The fourth-order valence-electron chi connectivity index (χ4n) is 6.66. The van der Waals surface area contributed by atoms with Gasteiger partial charge in [0, 0.05) is 66.3 Å². The van der Waals surface area contributed by atoms with Crippen LogP contribution in [-0.4, -0.2) is 78.8 Å². The highest BCUT2D eigenvalue weighted by molar-refractivity contribution is 7.12. The van der Waals surface area contributed by atoms with Crippen LogP contribution in [0.5, 0.6) is 0 Å². The number of benzene rings is 2. The number of aromatic amines is 1. The first kappa shape index (κ1) is 30.4. The van der Waals surface area contributed by atoms with E-state index in [0.717, 1.165) is 40.7 Å². The standard InChI is InChI=1S/C34H38ClN5O3S/c1-38(2)20-22-16-24-17-26(35)9-10-30(24)40(21-22)33(42)29(18-25-19-36-28-7-4-3-6-27(25)28)37-32(41)23-11-13-39(14-12-23)34(43)31-8-5-15-44-31/h3-10,15,17,19,22-23,29,36H,11-14,16,18,20-21H2,1-2H3,(H,37,41)/t22-,29-/m1/s1. The second kappa shape index (κ2) is 13.1. The lowest BCUT2D eigenvalue weighted by Gasteiger charge is -2.38. The van der Waals surface area contributed by atoms with E-state index in [-0.39, 0.29) is 29.6 Å². The summed E-state index contributed by atoms with van der Waals surface area (Å²) in [6.07, 6.45) is 4.26. The maximum Gasteiger partial charge on any atom is 0.263 e. The molecule has 0 radical (unpaired) electrons. The van der Waals surface area contributed by atoms with E-state index in [1.165, 1.54) is 11.3 Å². The lowest BCUT2D eigenvalue weighted by molar-refractivity contribution is -0.131. The van der Waals surface area contributed by atoms with Crippen LogP contribution in [0, 0.1) is 11.8 Å². The predicted molar refractivity (Wildman–Crippen MR) is 176 cm³/mol. The van der Waals surface area contributed by atoms with Gasteiger partial charge in [0.25, 0.3) is 5.91 Å². The number of hydrogen-bond acceptors (Lipinski definition) is 5. The molecule has 2 aliphatic rings. The number of H-pyrrole nitrogens is 1. The molecule has 4 heterocycles. The van der Waals surface area contributed by atoms with Crippen molar-refractivity contribution in [3.63, 3.8) is 0 Å². The highest BCUT2D eigenvalue weighted by Crippen LogP contribution is 2.33. The quantitative estimate of drug-likeness (QED) is 0.279. The average molecular weight is 632 g/mol. The molecular weight excluding hydrogens is 594 g/mol. The molecule has 3 amide bonds. The molecule has 230 valence electrons. The van der Waals surface area contributed by atoms with Crippen LogP contribution in [0.4, 0.5) is 5.69 Å². The highest BCUT2D eigenvalue weighted by Gasteiger charge is 2.36. The third kappa shape index (κ3) is 6.55. The average Bonchev–Trinajstić information content (AvgIpc) is 3.70. The molecule has 10 heteroatoms. The number of piperidine rings is 1. The summed E-state index contributed by atoms with van der Waals surface area (Å²) in [5.74, 6) is -0.280. The van der Waals surface area contributed by atoms with Crippen LogP contribution in [0.15, 0.2) is 66.2 Å². The number of anilines is 1.